The van der Waals surface area contributed by atoms with Crippen LogP contribution in [-0.4, -0.2) is 44.8 Å². The average molecular weight is 431 g/mol. The summed E-state index contributed by atoms with van der Waals surface area (Å²) in [5, 5.41) is 3.06. The van der Waals surface area contributed by atoms with Gasteiger partial charge in [-0.05, 0) is 0 Å². The molecular formula is C20H18ClN3OSe. The molecule has 2 heterocycles. The van der Waals surface area contributed by atoms with Crippen molar-refractivity contribution in [3.63, 3.8) is 0 Å². The van der Waals surface area contributed by atoms with Crippen LogP contribution in [0.2, 0.25) is 15.7 Å². The number of guanidine groups is 1. The molecule has 0 N–H and O–H groups in total. The summed E-state index contributed by atoms with van der Waals surface area (Å²) in [6.07, 6.45) is 1.83. The maximum atomic E-state index is 13.1. The number of halogens is 1. The van der Waals surface area contributed by atoms with E-state index in [0.717, 1.165) is 30.3 Å². The second-order valence-corrected chi connectivity index (χ2v) is 9.07. The van der Waals surface area contributed by atoms with Crippen LogP contribution >= 0.6 is 11.6 Å². The molecule has 1 fully saturated rings. The molecule has 0 spiro atoms. The molecule has 0 aromatic heterocycles. The molecule has 6 heteroatoms. The number of hydrogen-bond acceptors (Lipinski definition) is 3. The molecule has 1 saturated heterocycles. The average Bonchev–Trinajstić information content (AvgIpc) is 3.01. The molecule has 0 unspecified atom stereocenters. The van der Waals surface area contributed by atoms with E-state index in [1.807, 2.05) is 60.7 Å². The summed E-state index contributed by atoms with van der Waals surface area (Å²) in [5.74, 6) is 0.661. The van der Waals surface area contributed by atoms with Gasteiger partial charge in [0.1, 0.15) is 0 Å². The molecule has 4 nitrogen and oxygen atoms in total. The van der Waals surface area contributed by atoms with Gasteiger partial charge in [0.05, 0.1) is 0 Å². The first-order chi connectivity index (χ1) is 12.7. The summed E-state index contributed by atoms with van der Waals surface area (Å²) >= 11 is 6.66. The third kappa shape index (κ3) is 3.56. The zero-order valence-electron chi connectivity index (χ0n) is 14.1. The predicted octanol–water partition coefficient (Wildman–Crippen LogP) is 3.94. The van der Waals surface area contributed by atoms with Gasteiger partial charge in [-0.25, -0.2) is 0 Å². The van der Waals surface area contributed by atoms with Crippen LogP contribution in [0.1, 0.15) is 5.56 Å². The van der Waals surface area contributed by atoms with Gasteiger partial charge in [-0.15, -0.1) is 0 Å². The first-order valence-electron chi connectivity index (χ1n) is 8.50. The third-order valence-corrected chi connectivity index (χ3v) is 6.55. The molecule has 2 aromatic rings. The van der Waals surface area contributed by atoms with Crippen LogP contribution in [0.25, 0.3) is 6.08 Å². The molecule has 2 aliphatic rings. The first-order valence-corrected chi connectivity index (χ1v) is 11.3. The molecule has 1 amide bonds. The van der Waals surface area contributed by atoms with Crippen molar-refractivity contribution < 1.29 is 4.79 Å². The number of rotatable bonds is 2. The van der Waals surface area contributed by atoms with Crippen molar-refractivity contribution in [2.24, 2.45) is 4.99 Å². The Hall–Kier alpha value is -2.07. The SMILES string of the molecule is O=C1/C(=C/c2ccc(Cl)cc2)N=C(N2CC[Se]CC2)N1c1ccccc1. The molecule has 0 bridgehead atoms. The summed E-state index contributed by atoms with van der Waals surface area (Å²) in [5.41, 5.74) is 2.23. The third-order valence-electron chi connectivity index (χ3n) is 4.32. The molecule has 132 valence electrons. The summed E-state index contributed by atoms with van der Waals surface area (Å²) in [6, 6.07) is 17.2. The Labute approximate surface area is 164 Å². The maximum absolute atomic E-state index is 13.1. The monoisotopic (exact) mass is 431 g/mol. The zero-order chi connectivity index (χ0) is 17.9. The summed E-state index contributed by atoms with van der Waals surface area (Å²) in [7, 11) is 0. The van der Waals surface area contributed by atoms with Gasteiger partial charge in [-0.1, -0.05) is 0 Å². The number of para-hydroxylation sites is 1. The normalized spacial score (nSPS) is 19.2. The van der Waals surface area contributed by atoms with E-state index in [-0.39, 0.29) is 5.91 Å². The quantitative estimate of drug-likeness (QED) is 0.534. The van der Waals surface area contributed by atoms with Gasteiger partial charge in [-0.2, -0.15) is 0 Å². The van der Waals surface area contributed by atoms with Crippen molar-refractivity contribution in [3.8, 4) is 0 Å². The van der Waals surface area contributed by atoms with E-state index < -0.39 is 0 Å². The fourth-order valence-corrected chi connectivity index (χ4v) is 5.03. The summed E-state index contributed by atoms with van der Waals surface area (Å²) in [4.78, 5) is 21.8. The first kappa shape index (κ1) is 17.3. The van der Waals surface area contributed by atoms with Crippen LogP contribution in [0, 0.1) is 0 Å². The van der Waals surface area contributed by atoms with Gasteiger partial charge in [0.2, 0.25) is 0 Å². The standard InChI is InChI=1S/C20H18ClN3OSe/c21-16-8-6-15(7-9-16)14-18-19(25)24(17-4-2-1-3-5-17)20(22-18)23-10-12-26-13-11-23/h1-9,14H,10-13H2/b18-14-. The molecule has 4 rings (SSSR count). The van der Waals surface area contributed by atoms with Crippen LogP contribution in [0.5, 0.6) is 0 Å². The number of aliphatic imine (C=N–C) groups is 1. The minimum absolute atomic E-state index is 0.0859. The summed E-state index contributed by atoms with van der Waals surface area (Å²) < 4.78 is 0. The molecule has 0 aliphatic carbocycles. The van der Waals surface area contributed by atoms with Crippen molar-refractivity contribution in [1.29, 1.82) is 0 Å². The van der Waals surface area contributed by atoms with Crippen LogP contribution in [-0.2, 0) is 4.79 Å². The van der Waals surface area contributed by atoms with Gasteiger partial charge in [0.15, 0.2) is 0 Å². The van der Waals surface area contributed by atoms with E-state index in [0.29, 0.717) is 25.7 Å². The number of carbonyl (C=O) groups excluding carboxylic acids is 1. The number of anilines is 1. The van der Waals surface area contributed by atoms with Crippen molar-refractivity contribution >= 4 is 50.2 Å². The zero-order valence-corrected chi connectivity index (χ0v) is 16.6. The summed E-state index contributed by atoms with van der Waals surface area (Å²) in [6.45, 7) is 1.92. The van der Waals surface area contributed by atoms with E-state index in [4.69, 9.17) is 16.6 Å². The van der Waals surface area contributed by atoms with Gasteiger partial charge >= 0.3 is 164 Å². The Morgan fingerprint density at radius 2 is 1.69 bits per heavy atom. The van der Waals surface area contributed by atoms with Gasteiger partial charge in [0, 0.05) is 0 Å². The fourth-order valence-electron chi connectivity index (χ4n) is 3.01. The molecule has 0 radical (unpaired) electrons. The number of carbonyl (C=O) groups is 1. The fraction of sp³-hybridized carbons (Fsp3) is 0.200. The molecule has 0 saturated carbocycles. The van der Waals surface area contributed by atoms with E-state index in [1.54, 1.807) is 4.90 Å². The number of benzene rings is 2. The Morgan fingerprint density at radius 1 is 1.00 bits per heavy atom. The van der Waals surface area contributed by atoms with Gasteiger partial charge < -0.3 is 0 Å². The number of hydrogen-bond donors (Lipinski definition) is 0. The van der Waals surface area contributed by atoms with Crippen LogP contribution < -0.4 is 4.90 Å². The van der Waals surface area contributed by atoms with E-state index in [9.17, 15) is 4.79 Å². The van der Waals surface area contributed by atoms with Gasteiger partial charge in [-0.3, -0.25) is 0 Å². The van der Waals surface area contributed by atoms with Gasteiger partial charge in [0.25, 0.3) is 0 Å². The van der Waals surface area contributed by atoms with Crippen LogP contribution in [0.3, 0.4) is 0 Å². The Kier molecular flexibility index (Phi) is 5.11. The molecule has 0 atom stereocenters. The molecule has 26 heavy (non-hydrogen) atoms. The van der Waals surface area contributed by atoms with E-state index in [2.05, 4.69) is 4.90 Å². The van der Waals surface area contributed by atoms with E-state index in [1.165, 1.54) is 10.6 Å². The number of nitrogens with zero attached hydrogens (tertiary/aromatic N) is 3. The van der Waals surface area contributed by atoms with E-state index >= 15 is 0 Å². The van der Waals surface area contributed by atoms with Crippen molar-refractivity contribution in [1.82, 2.24) is 4.90 Å². The Morgan fingerprint density at radius 3 is 2.38 bits per heavy atom. The van der Waals surface area contributed by atoms with Crippen LogP contribution in [0.15, 0.2) is 65.3 Å². The molecule has 2 aliphatic heterocycles. The second-order valence-electron chi connectivity index (χ2n) is 6.07. The topological polar surface area (TPSA) is 35.9 Å². The van der Waals surface area contributed by atoms with Crippen LogP contribution in [0.4, 0.5) is 5.69 Å². The predicted molar refractivity (Wildman–Crippen MR) is 108 cm³/mol. The molecular weight excluding hydrogens is 413 g/mol. The molecule has 2 aromatic carbocycles. The van der Waals surface area contributed by atoms with Crippen molar-refractivity contribution in [3.05, 3.63) is 70.9 Å². The second kappa shape index (κ2) is 7.66. The van der Waals surface area contributed by atoms with Crippen molar-refractivity contribution in [2.45, 2.75) is 10.6 Å². The Bertz CT molecular complexity index is 858. The number of amides is 1. The van der Waals surface area contributed by atoms with Crippen molar-refractivity contribution in [2.75, 3.05) is 18.0 Å². The Balaban J connectivity index is 1.73. The minimum atomic E-state index is -0.0859.